The van der Waals surface area contributed by atoms with E-state index in [1.165, 1.54) is 0 Å². The fourth-order valence-electron chi connectivity index (χ4n) is 3.74. The van der Waals surface area contributed by atoms with Gasteiger partial charge < -0.3 is 19.6 Å². The van der Waals surface area contributed by atoms with Crippen LogP contribution in [0.1, 0.15) is 27.2 Å². The van der Waals surface area contributed by atoms with Crippen LogP contribution in [-0.2, 0) is 9.59 Å². The first-order chi connectivity index (χ1) is 11.2. The Morgan fingerprint density at radius 2 is 1.71 bits per heavy atom. The molecule has 0 aliphatic carbocycles. The summed E-state index contributed by atoms with van der Waals surface area (Å²) in [7, 11) is 3.46. The summed E-state index contributed by atoms with van der Waals surface area (Å²) in [6.45, 7) is 9.13. The zero-order valence-corrected chi connectivity index (χ0v) is 15.5. The summed E-state index contributed by atoms with van der Waals surface area (Å²) in [5, 5.41) is 0. The second kappa shape index (κ2) is 6.99. The minimum Gasteiger partial charge on any atom is -0.342 e. The molecule has 0 N–H and O–H groups in total. The van der Waals surface area contributed by atoms with Crippen molar-refractivity contribution in [2.75, 3.05) is 53.4 Å². The lowest BCUT2D eigenvalue weighted by atomic mass is 9.85. The van der Waals surface area contributed by atoms with Gasteiger partial charge in [0.2, 0.25) is 11.8 Å². The van der Waals surface area contributed by atoms with Gasteiger partial charge in [-0.25, -0.2) is 4.79 Å². The summed E-state index contributed by atoms with van der Waals surface area (Å²) in [5.41, 5.74) is -0.361. The number of hydrogen-bond acceptors (Lipinski definition) is 3. The molecule has 0 aromatic heterocycles. The van der Waals surface area contributed by atoms with Gasteiger partial charge in [-0.1, -0.05) is 13.8 Å². The first kappa shape index (κ1) is 18.5. The predicted molar refractivity (Wildman–Crippen MR) is 91.4 cm³/mol. The lowest BCUT2D eigenvalue weighted by Crippen LogP contribution is -2.47. The summed E-state index contributed by atoms with van der Waals surface area (Å²) in [6, 6.07) is -0.0596. The summed E-state index contributed by atoms with van der Waals surface area (Å²) in [4.78, 5) is 44.4. The molecular formula is C17H30N4O3. The molecule has 136 valence electrons. The number of nitrogens with zero attached hydrogens (tertiary/aromatic N) is 4. The molecule has 1 atom stereocenters. The molecule has 2 saturated heterocycles. The Morgan fingerprint density at radius 1 is 1.12 bits per heavy atom. The molecule has 24 heavy (non-hydrogen) atoms. The van der Waals surface area contributed by atoms with Crippen LogP contribution in [0.3, 0.4) is 0 Å². The van der Waals surface area contributed by atoms with Crippen molar-refractivity contribution in [2.24, 2.45) is 11.3 Å². The molecule has 2 heterocycles. The zero-order valence-electron chi connectivity index (χ0n) is 15.5. The summed E-state index contributed by atoms with van der Waals surface area (Å²) < 4.78 is 0. The third-order valence-electron chi connectivity index (χ3n) is 4.94. The van der Waals surface area contributed by atoms with Gasteiger partial charge in [0.15, 0.2) is 0 Å². The van der Waals surface area contributed by atoms with E-state index in [9.17, 15) is 14.4 Å². The highest BCUT2D eigenvalue weighted by Crippen LogP contribution is 2.35. The Morgan fingerprint density at radius 3 is 2.21 bits per heavy atom. The van der Waals surface area contributed by atoms with Gasteiger partial charge in [-0.2, -0.15) is 0 Å². The number of urea groups is 1. The Labute approximate surface area is 144 Å². The predicted octanol–water partition coefficient (Wildman–Crippen LogP) is 0.707. The van der Waals surface area contributed by atoms with Crippen LogP contribution in [0.4, 0.5) is 4.79 Å². The summed E-state index contributed by atoms with van der Waals surface area (Å²) in [5.74, 6) is 0.127. The van der Waals surface area contributed by atoms with Gasteiger partial charge in [0.25, 0.3) is 0 Å². The molecule has 0 aromatic carbocycles. The molecular weight excluding hydrogens is 308 g/mol. The van der Waals surface area contributed by atoms with Crippen LogP contribution in [-0.4, -0.2) is 90.8 Å². The molecule has 1 spiro atoms. The van der Waals surface area contributed by atoms with E-state index in [1.54, 1.807) is 23.9 Å². The summed E-state index contributed by atoms with van der Waals surface area (Å²) >= 11 is 0. The van der Waals surface area contributed by atoms with Crippen molar-refractivity contribution in [3.63, 3.8) is 0 Å². The van der Waals surface area contributed by atoms with E-state index >= 15 is 0 Å². The Kier molecular flexibility index (Phi) is 5.40. The lowest BCUT2D eigenvalue weighted by Gasteiger charge is -2.34. The van der Waals surface area contributed by atoms with Crippen molar-refractivity contribution in [3.05, 3.63) is 0 Å². The molecule has 0 aromatic rings. The first-order valence-electron chi connectivity index (χ1n) is 8.72. The maximum atomic E-state index is 12.5. The SMILES string of the molecule is CCN1CC2(CC1=O)CN(C(=O)C(C)C)CCN(C(=O)N(C)C)C2. The van der Waals surface area contributed by atoms with Gasteiger partial charge in [0, 0.05) is 71.1 Å². The van der Waals surface area contributed by atoms with E-state index < -0.39 is 0 Å². The average molecular weight is 338 g/mol. The molecule has 0 bridgehead atoms. The standard InChI is InChI=1S/C17H30N4O3/c1-6-19-10-17(9-14(19)22)11-20(15(23)13(2)3)7-8-21(12-17)16(24)18(4)5/h13H,6-12H2,1-5H3. The van der Waals surface area contributed by atoms with Gasteiger partial charge in [0.1, 0.15) is 0 Å². The van der Waals surface area contributed by atoms with Crippen molar-refractivity contribution in [3.8, 4) is 0 Å². The zero-order chi connectivity index (χ0) is 18.1. The smallest absolute Gasteiger partial charge is 0.319 e. The number of carbonyl (C=O) groups is 3. The Bertz CT molecular complexity index is 488. The fraction of sp³-hybridized carbons (Fsp3) is 0.824. The minimum atomic E-state index is -0.361. The average Bonchev–Trinajstić information content (AvgIpc) is 2.71. The van der Waals surface area contributed by atoms with Crippen LogP contribution in [0.25, 0.3) is 0 Å². The minimum absolute atomic E-state index is 0.0596. The quantitative estimate of drug-likeness (QED) is 0.745. The molecule has 7 heteroatoms. The largest absolute Gasteiger partial charge is 0.342 e. The first-order valence-corrected chi connectivity index (χ1v) is 8.72. The van der Waals surface area contributed by atoms with Gasteiger partial charge in [0.05, 0.1) is 0 Å². The van der Waals surface area contributed by atoms with Crippen LogP contribution >= 0.6 is 0 Å². The van der Waals surface area contributed by atoms with Gasteiger partial charge in [-0.15, -0.1) is 0 Å². The molecule has 2 rings (SSSR count). The monoisotopic (exact) mass is 338 g/mol. The third-order valence-corrected chi connectivity index (χ3v) is 4.94. The van der Waals surface area contributed by atoms with Gasteiger partial charge in [-0.3, -0.25) is 9.59 Å². The molecule has 1 unspecified atom stereocenters. The Balaban J connectivity index is 2.29. The van der Waals surface area contributed by atoms with Crippen LogP contribution < -0.4 is 0 Å². The maximum Gasteiger partial charge on any atom is 0.319 e. The van der Waals surface area contributed by atoms with Crippen LogP contribution in [0.2, 0.25) is 0 Å². The summed E-state index contributed by atoms with van der Waals surface area (Å²) in [6.07, 6.45) is 0.403. The fourth-order valence-corrected chi connectivity index (χ4v) is 3.74. The van der Waals surface area contributed by atoms with E-state index in [2.05, 4.69) is 0 Å². The molecule has 7 nitrogen and oxygen atoms in total. The van der Waals surface area contributed by atoms with Crippen molar-refractivity contribution in [1.82, 2.24) is 19.6 Å². The van der Waals surface area contributed by atoms with Crippen molar-refractivity contribution >= 4 is 17.8 Å². The molecule has 0 saturated carbocycles. The van der Waals surface area contributed by atoms with E-state index in [1.807, 2.05) is 30.6 Å². The number of amides is 4. The van der Waals surface area contributed by atoms with Crippen molar-refractivity contribution in [2.45, 2.75) is 27.2 Å². The van der Waals surface area contributed by atoms with Crippen LogP contribution in [0.15, 0.2) is 0 Å². The van der Waals surface area contributed by atoms with E-state index in [-0.39, 0.29) is 29.2 Å². The Hall–Kier alpha value is -1.79. The molecule has 4 amide bonds. The topological polar surface area (TPSA) is 64.2 Å². The number of rotatable bonds is 2. The highest BCUT2D eigenvalue weighted by molar-refractivity contribution is 5.81. The van der Waals surface area contributed by atoms with Crippen molar-refractivity contribution in [1.29, 1.82) is 0 Å². The van der Waals surface area contributed by atoms with E-state index in [4.69, 9.17) is 0 Å². The maximum absolute atomic E-state index is 12.5. The molecule has 0 radical (unpaired) electrons. The normalized spacial score (nSPS) is 24.8. The second-order valence-corrected chi connectivity index (χ2v) is 7.60. The van der Waals surface area contributed by atoms with Gasteiger partial charge in [-0.05, 0) is 6.92 Å². The third kappa shape index (κ3) is 3.65. The number of hydrogen-bond donors (Lipinski definition) is 0. The van der Waals surface area contributed by atoms with E-state index in [0.29, 0.717) is 45.7 Å². The molecule has 2 fully saturated rings. The highest BCUT2D eigenvalue weighted by atomic mass is 16.2. The van der Waals surface area contributed by atoms with E-state index in [0.717, 1.165) is 0 Å². The van der Waals surface area contributed by atoms with Crippen LogP contribution in [0, 0.1) is 11.3 Å². The number of carbonyl (C=O) groups excluding carboxylic acids is 3. The van der Waals surface area contributed by atoms with Crippen molar-refractivity contribution < 1.29 is 14.4 Å². The van der Waals surface area contributed by atoms with Gasteiger partial charge >= 0.3 is 6.03 Å². The molecule has 2 aliphatic heterocycles. The van der Waals surface area contributed by atoms with Crippen LogP contribution in [0.5, 0.6) is 0 Å². The molecule has 2 aliphatic rings. The lowest BCUT2D eigenvalue weighted by molar-refractivity contribution is -0.135. The second-order valence-electron chi connectivity index (χ2n) is 7.60. The number of likely N-dealkylation sites (tertiary alicyclic amines) is 1. The highest BCUT2D eigenvalue weighted by Gasteiger charge is 2.47.